The fourth-order valence-corrected chi connectivity index (χ4v) is 2.57. The summed E-state index contributed by atoms with van der Waals surface area (Å²) >= 11 is 1.50. The van der Waals surface area contributed by atoms with Gasteiger partial charge in [0.25, 0.3) is 5.89 Å². The second-order valence-electron chi connectivity index (χ2n) is 4.18. The molecule has 0 aliphatic rings. The topological polar surface area (TPSA) is 107 Å². The fourth-order valence-electron chi connectivity index (χ4n) is 1.92. The standard InChI is InChI=1S/C12H11N5O3S/c1-2-7-10(12(18)19)14-16-17(7)6-9-13-15-11(20-9)8-4-3-5-21-8/h3-5H,2,6H2,1H3,(H,18,19). The van der Waals surface area contributed by atoms with Gasteiger partial charge in [-0.1, -0.05) is 18.2 Å². The second kappa shape index (κ2) is 5.44. The maximum atomic E-state index is 11.0. The lowest BCUT2D eigenvalue weighted by Crippen LogP contribution is -2.08. The molecule has 3 aromatic rings. The molecule has 3 rings (SSSR count). The third-order valence-corrected chi connectivity index (χ3v) is 3.72. The zero-order valence-electron chi connectivity index (χ0n) is 11.1. The first-order valence-corrected chi connectivity index (χ1v) is 7.09. The molecule has 0 amide bonds. The Kier molecular flexibility index (Phi) is 3.48. The van der Waals surface area contributed by atoms with Gasteiger partial charge in [0.2, 0.25) is 5.89 Å². The molecule has 0 bridgehead atoms. The van der Waals surface area contributed by atoms with E-state index in [1.165, 1.54) is 16.0 Å². The second-order valence-corrected chi connectivity index (χ2v) is 5.13. The Balaban J connectivity index is 1.86. The Morgan fingerprint density at radius 3 is 2.95 bits per heavy atom. The first-order valence-electron chi connectivity index (χ1n) is 6.21. The predicted molar refractivity (Wildman–Crippen MR) is 73.1 cm³/mol. The zero-order chi connectivity index (χ0) is 14.8. The molecule has 3 heterocycles. The van der Waals surface area contributed by atoms with Crippen LogP contribution in [0.4, 0.5) is 0 Å². The summed E-state index contributed by atoms with van der Waals surface area (Å²) in [5.41, 5.74) is 0.480. The predicted octanol–water partition coefficient (Wildman–Crippen LogP) is 1.70. The summed E-state index contributed by atoms with van der Waals surface area (Å²) in [5.74, 6) is -0.297. The largest absolute Gasteiger partial charge is 0.476 e. The van der Waals surface area contributed by atoms with Gasteiger partial charge in [-0.2, -0.15) is 0 Å². The van der Waals surface area contributed by atoms with Crippen LogP contribution in [0.5, 0.6) is 0 Å². The molecule has 3 aromatic heterocycles. The van der Waals surface area contributed by atoms with Gasteiger partial charge in [-0.3, -0.25) is 0 Å². The summed E-state index contributed by atoms with van der Waals surface area (Å²) < 4.78 is 7.02. The van der Waals surface area contributed by atoms with Crippen LogP contribution in [0.3, 0.4) is 0 Å². The van der Waals surface area contributed by atoms with Gasteiger partial charge >= 0.3 is 5.97 Å². The monoisotopic (exact) mass is 305 g/mol. The third kappa shape index (κ3) is 2.55. The molecule has 9 heteroatoms. The van der Waals surface area contributed by atoms with Crippen LogP contribution in [0.2, 0.25) is 0 Å². The van der Waals surface area contributed by atoms with Crippen molar-refractivity contribution in [3.63, 3.8) is 0 Å². The highest BCUT2D eigenvalue weighted by Crippen LogP contribution is 2.23. The number of aromatic carboxylic acids is 1. The molecule has 0 fully saturated rings. The van der Waals surface area contributed by atoms with E-state index in [0.29, 0.717) is 23.9 Å². The Morgan fingerprint density at radius 2 is 2.29 bits per heavy atom. The normalized spacial score (nSPS) is 10.9. The minimum Gasteiger partial charge on any atom is -0.476 e. The smallest absolute Gasteiger partial charge is 0.358 e. The SMILES string of the molecule is CCc1c(C(=O)O)nnn1Cc1nnc(-c2cccs2)o1. The first kappa shape index (κ1) is 13.4. The highest BCUT2D eigenvalue weighted by Gasteiger charge is 2.19. The van der Waals surface area contributed by atoms with Crippen LogP contribution in [-0.4, -0.2) is 36.3 Å². The average Bonchev–Trinajstić information content (AvgIpc) is 3.18. The van der Waals surface area contributed by atoms with Gasteiger partial charge in [0.05, 0.1) is 10.6 Å². The quantitative estimate of drug-likeness (QED) is 0.764. The number of carbonyl (C=O) groups is 1. The first-order chi connectivity index (χ1) is 10.2. The number of thiophene rings is 1. The number of hydrogen-bond acceptors (Lipinski definition) is 7. The Bertz CT molecular complexity index is 762. The lowest BCUT2D eigenvalue weighted by Gasteiger charge is -2.01. The molecule has 8 nitrogen and oxygen atoms in total. The lowest BCUT2D eigenvalue weighted by molar-refractivity contribution is 0.0689. The molecule has 0 saturated heterocycles. The summed E-state index contributed by atoms with van der Waals surface area (Å²) in [6.07, 6.45) is 0.501. The van der Waals surface area contributed by atoms with E-state index < -0.39 is 5.97 Å². The minimum absolute atomic E-state index is 0.0458. The fraction of sp³-hybridized carbons (Fsp3) is 0.250. The van der Waals surface area contributed by atoms with Crippen molar-refractivity contribution in [2.45, 2.75) is 19.9 Å². The number of hydrogen-bond donors (Lipinski definition) is 1. The van der Waals surface area contributed by atoms with Gasteiger partial charge in [-0.05, 0) is 17.9 Å². The lowest BCUT2D eigenvalue weighted by atomic mass is 10.2. The van der Waals surface area contributed by atoms with E-state index in [9.17, 15) is 4.79 Å². The van der Waals surface area contributed by atoms with Crippen LogP contribution < -0.4 is 0 Å². The molecule has 0 atom stereocenters. The Hall–Kier alpha value is -2.55. The molecular weight excluding hydrogens is 294 g/mol. The number of carboxylic acid groups (broad SMARTS) is 1. The van der Waals surface area contributed by atoms with Gasteiger partial charge in [0.1, 0.15) is 6.54 Å². The van der Waals surface area contributed by atoms with Crippen LogP contribution >= 0.6 is 11.3 Å². The van der Waals surface area contributed by atoms with Crippen LogP contribution in [0, 0.1) is 0 Å². The molecule has 108 valence electrons. The van der Waals surface area contributed by atoms with E-state index >= 15 is 0 Å². The summed E-state index contributed by atoms with van der Waals surface area (Å²) in [4.78, 5) is 11.9. The number of nitrogens with zero attached hydrogens (tertiary/aromatic N) is 5. The van der Waals surface area contributed by atoms with Gasteiger partial charge in [0.15, 0.2) is 5.69 Å². The number of rotatable bonds is 5. The van der Waals surface area contributed by atoms with Crippen molar-refractivity contribution in [3.8, 4) is 10.8 Å². The van der Waals surface area contributed by atoms with Crippen molar-refractivity contribution in [3.05, 3.63) is 34.8 Å². The highest BCUT2D eigenvalue weighted by atomic mass is 32.1. The van der Waals surface area contributed by atoms with Crippen molar-refractivity contribution < 1.29 is 14.3 Å². The molecule has 0 unspecified atom stereocenters. The van der Waals surface area contributed by atoms with Crippen molar-refractivity contribution in [1.82, 2.24) is 25.2 Å². The third-order valence-electron chi connectivity index (χ3n) is 2.86. The number of carboxylic acids is 1. The summed E-state index contributed by atoms with van der Waals surface area (Å²) in [6.45, 7) is 2.04. The van der Waals surface area contributed by atoms with E-state index in [-0.39, 0.29) is 12.2 Å². The maximum absolute atomic E-state index is 11.0. The summed E-state index contributed by atoms with van der Waals surface area (Å²) in [5, 5.41) is 26.4. The van der Waals surface area contributed by atoms with Crippen molar-refractivity contribution in [2.24, 2.45) is 0 Å². The molecule has 0 aliphatic heterocycles. The van der Waals surface area contributed by atoms with E-state index in [4.69, 9.17) is 9.52 Å². The van der Waals surface area contributed by atoms with E-state index in [1.54, 1.807) is 0 Å². The van der Waals surface area contributed by atoms with Crippen LogP contribution in [0.25, 0.3) is 10.8 Å². The highest BCUT2D eigenvalue weighted by molar-refractivity contribution is 7.13. The summed E-state index contributed by atoms with van der Waals surface area (Å²) in [7, 11) is 0. The van der Waals surface area contributed by atoms with Crippen molar-refractivity contribution in [1.29, 1.82) is 0 Å². The van der Waals surface area contributed by atoms with Gasteiger partial charge in [-0.25, -0.2) is 9.48 Å². The van der Waals surface area contributed by atoms with E-state index in [0.717, 1.165) is 4.88 Å². The summed E-state index contributed by atoms with van der Waals surface area (Å²) in [6, 6.07) is 3.78. The molecule has 1 N–H and O–H groups in total. The van der Waals surface area contributed by atoms with Crippen LogP contribution in [0.15, 0.2) is 21.9 Å². The molecular formula is C12H11N5O3S. The maximum Gasteiger partial charge on any atom is 0.358 e. The Morgan fingerprint density at radius 1 is 1.43 bits per heavy atom. The van der Waals surface area contributed by atoms with Crippen LogP contribution in [-0.2, 0) is 13.0 Å². The molecule has 0 spiro atoms. The van der Waals surface area contributed by atoms with Crippen molar-refractivity contribution in [2.75, 3.05) is 0 Å². The molecule has 21 heavy (non-hydrogen) atoms. The minimum atomic E-state index is -1.09. The van der Waals surface area contributed by atoms with E-state index in [2.05, 4.69) is 20.5 Å². The van der Waals surface area contributed by atoms with Gasteiger partial charge in [-0.15, -0.1) is 26.6 Å². The average molecular weight is 305 g/mol. The zero-order valence-corrected chi connectivity index (χ0v) is 11.9. The Labute approximate surface area is 123 Å². The van der Waals surface area contributed by atoms with Gasteiger partial charge < -0.3 is 9.52 Å². The van der Waals surface area contributed by atoms with Crippen LogP contribution in [0.1, 0.15) is 29.0 Å². The molecule has 0 aliphatic carbocycles. The van der Waals surface area contributed by atoms with Gasteiger partial charge in [0, 0.05) is 0 Å². The number of aromatic nitrogens is 5. The molecule has 0 saturated carbocycles. The van der Waals surface area contributed by atoms with Crippen molar-refractivity contribution >= 4 is 17.3 Å². The molecule has 0 radical (unpaired) electrons. The van der Waals surface area contributed by atoms with E-state index in [1.807, 2.05) is 24.4 Å². The molecule has 0 aromatic carbocycles.